The maximum Gasteiger partial charge on any atom is 0.267 e. The quantitative estimate of drug-likeness (QED) is 0.457. The Morgan fingerprint density at radius 1 is 1.47 bits per heavy atom. The zero-order valence-corrected chi connectivity index (χ0v) is 8.80. The molecule has 1 amide bonds. The lowest BCUT2D eigenvalue weighted by Crippen LogP contribution is -2.51. The molecule has 1 aromatic heterocycles. The van der Waals surface area contributed by atoms with Crippen LogP contribution in [0.1, 0.15) is 16.7 Å². The number of imidazole rings is 1. The molecule has 1 saturated heterocycles. The fraction of sp³-hybridized carbons (Fsp3) is 0.556. The van der Waals surface area contributed by atoms with Crippen molar-refractivity contribution in [2.24, 2.45) is 5.73 Å². The number of hydrogen-bond donors (Lipinski definition) is 4. The lowest BCUT2D eigenvalue weighted by atomic mass is 10.0. The molecular weight excluding hydrogens is 230 g/mol. The van der Waals surface area contributed by atoms with Gasteiger partial charge >= 0.3 is 0 Å². The number of aliphatic hydroxyl groups excluding tert-OH is 3. The molecule has 5 N–H and O–H groups in total. The lowest BCUT2D eigenvalue weighted by molar-refractivity contribution is -0.211. The number of ether oxygens (including phenoxy) is 1. The lowest BCUT2D eigenvalue weighted by Gasteiger charge is -2.36. The van der Waals surface area contributed by atoms with Crippen molar-refractivity contribution >= 4 is 5.91 Å². The zero-order chi connectivity index (χ0) is 12.6. The van der Waals surface area contributed by atoms with E-state index in [1.807, 2.05) is 0 Å². The largest absolute Gasteiger partial charge is 0.388 e. The van der Waals surface area contributed by atoms with Crippen molar-refractivity contribution in [2.45, 2.75) is 24.5 Å². The first-order valence-corrected chi connectivity index (χ1v) is 5.00. The zero-order valence-electron chi connectivity index (χ0n) is 8.80. The van der Waals surface area contributed by atoms with Gasteiger partial charge in [0.2, 0.25) is 0 Å². The van der Waals surface area contributed by atoms with Crippen LogP contribution in [0.2, 0.25) is 0 Å². The minimum Gasteiger partial charge on any atom is -0.388 e. The Kier molecular flexibility index (Phi) is 3.11. The predicted octanol–water partition coefficient (Wildman–Crippen LogP) is -2.41. The molecule has 0 aliphatic carbocycles. The van der Waals surface area contributed by atoms with Crippen LogP contribution in [0.15, 0.2) is 12.5 Å². The van der Waals surface area contributed by atoms with Gasteiger partial charge in [-0.1, -0.05) is 0 Å². The molecule has 17 heavy (non-hydrogen) atoms. The molecule has 0 aromatic carbocycles. The van der Waals surface area contributed by atoms with Crippen molar-refractivity contribution in [3.05, 3.63) is 18.2 Å². The fourth-order valence-corrected chi connectivity index (χ4v) is 1.73. The Balaban J connectivity index is 2.28. The van der Waals surface area contributed by atoms with Crippen molar-refractivity contribution in [1.29, 1.82) is 0 Å². The van der Waals surface area contributed by atoms with E-state index < -0.39 is 30.4 Å². The third-order valence-corrected chi connectivity index (χ3v) is 2.67. The van der Waals surface area contributed by atoms with Gasteiger partial charge in [-0.2, -0.15) is 0 Å². The van der Waals surface area contributed by atoms with Gasteiger partial charge in [0.15, 0.2) is 6.23 Å². The maximum absolute atomic E-state index is 11.1. The molecule has 0 spiro atoms. The first-order chi connectivity index (χ1) is 8.02. The van der Waals surface area contributed by atoms with Crippen LogP contribution in [0.4, 0.5) is 0 Å². The second kappa shape index (κ2) is 4.41. The summed E-state index contributed by atoms with van der Waals surface area (Å²) in [5, 5.41) is 28.6. The Morgan fingerprint density at radius 3 is 2.82 bits per heavy atom. The van der Waals surface area contributed by atoms with E-state index in [0.717, 1.165) is 0 Å². The molecule has 0 bridgehead atoms. The number of aliphatic hydroxyl groups is 3. The van der Waals surface area contributed by atoms with Gasteiger partial charge in [-0.05, 0) is 0 Å². The van der Waals surface area contributed by atoms with Crippen LogP contribution in [0, 0.1) is 0 Å². The molecule has 0 radical (unpaired) electrons. The second-order valence-electron chi connectivity index (χ2n) is 3.82. The second-order valence-corrected chi connectivity index (χ2v) is 3.82. The summed E-state index contributed by atoms with van der Waals surface area (Å²) in [6, 6.07) is 0. The molecule has 94 valence electrons. The number of rotatable bonds is 2. The molecule has 1 aliphatic rings. The van der Waals surface area contributed by atoms with Crippen molar-refractivity contribution in [2.75, 3.05) is 6.61 Å². The van der Waals surface area contributed by atoms with E-state index in [-0.39, 0.29) is 12.3 Å². The average molecular weight is 243 g/mol. The van der Waals surface area contributed by atoms with Crippen LogP contribution < -0.4 is 5.73 Å². The number of carbonyl (C=O) groups is 1. The molecule has 1 aromatic rings. The maximum atomic E-state index is 11.1. The third kappa shape index (κ3) is 2.03. The number of aromatic nitrogens is 2. The highest BCUT2D eigenvalue weighted by atomic mass is 16.5. The van der Waals surface area contributed by atoms with Crippen molar-refractivity contribution in [3.63, 3.8) is 0 Å². The van der Waals surface area contributed by atoms with Gasteiger partial charge in [0, 0.05) is 0 Å². The Hall–Kier alpha value is -1.48. The summed E-state index contributed by atoms with van der Waals surface area (Å²) >= 11 is 0. The fourth-order valence-electron chi connectivity index (χ4n) is 1.73. The number of carbonyl (C=O) groups excluding carboxylic acids is 1. The van der Waals surface area contributed by atoms with Crippen molar-refractivity contribution in [3.8, 4) is 0 Å². The molecule has 1 aliphatic heterocycles. The summed E-state index contributed by atoms with van der Waals surface area (Å²) in [4.78, 5) is 14.8. The van der Waals surface area contributed by atoms with Gasteiger partial charge in [-0.25, -0.2) is 4.98 Å². The summed E-state index contributed by atoms with van der Waals surface area (Å²) < 4.78 is 6.39. The highest BCUT2D eigenvalue weighted by Crippen LogP contribution is 2.25. The van der Waals surface area contributed by atoms with E-state index in [1.165, 1.54) is 17.1 Å². The smallest absolute Gasteiger partial charge is 0.267 e. The van der Waals surface area contributed by atoms with Crippen LogP contribution in [-0.4, -0.2) is 55.7 Å². The highest BCUT2D eigenvalue weighted by molar-refractivity contribution is 5.90. The minimum atomic E-state index is -1.37. The van der Waals surface area contributed by atoms with Gasteiger partial charge in [0.05, 0.1) is 19.1 Å². The molecule has 8 heteroatoms. The van der Waals surface area contributed by atoms with E-state index in [4.69, 9.17) is 10.5 Å². The predicted molar refractivity (Wildman–Crippen MR) is 53.8 cm³/mol. The molecule has 0 unspecified atom stereocenters. The molecule has 2 heterocycles. The van der Waals surface area contributed by atoms with Gasteiger partial charge < -0.3 is 25.8 Å². The molecule has 4 atom stereocenters. The highest BCUT2D eigenvalue weighted by Gasteiger charge is 2.39. The molecule has 1 fully saturated rings. The summed E-state index contributed by atoms with van der Waals surface area (Å²) in [6.07, 6.45) is -2.39. The molecule has 0 saturated carbocycles. The first kappa shape index (κ1) is 12.0. The van der Waals surface area contributed by atoms with Gasteiger partial charge in [0.25, 0.3) is 5.91 Å². The van der Waals surface area contributed by atoms with Crippen LogP contribution >= 0.6 is 0 Å². The number of amides is 1. The summed E-state index contributed by atoms with van der Waals surface area (Å²) in [5.41, 5.74) is 5.18. The van der Waals surface area contributed by atoms with E-state index >= 15 is 0 Å². The monoisotopic (exact) mass is 243 g/mol. The third-order valence-electron chi connectivity index (χ3n) is 2.67. The van der Waals surface area contributed by atoms with Crippen molar-refractivity contribution in [1.82, 2.24) is 9.55 Å². The SMILES string of the molecule is NC(=O)c1cncn1[C@H]1OC[C@@H](O)[C@@H](O)[C@@H]1O. The number of primary amides is 1. The summed E-state index contributed by atoms with van der Waals surface area (Å²) in [7, 11) is 0. The van der Waals surface area contributed by atoms with Crippen LogP contribution in [0.25, 0.3) is 0 Å². The van der Waals surface area contributed by atoms with Gasteiger partial charge in [-0.3, -0.25) is 9.36 Å². The van der Waals surface area contributed by atoms with E-state index in [1.54, 1.807) is 0 Å². The molecule has 8 nitrogen and oxygen atoms in total. The Labute approximate surface area is 96.3 Å². The molecule has 2 rings (SSSR count). The normalized spacial score (nSPS) is 33.6. The van der Waals surface area contributed by atoms with E-state index in [2.05, 4.69) is 4.98 Å². The Morgan fingerprint density at radius 2 is 2.18 bits per heavy atom. The summed E-state index contributed by atoms with van der Waals surface area (Å²) in [6.45, 7) is -0.153. The van der Waals surface area contributed by atoms with Crippen LogP contribution in [0.3, 0.4) is 0 Å². The van der Waals surface area contributed by atoms with E-state index in [0.29, 0.717) is 0 Å². The first-order valence-electron chi connectivity index (χ1n) is 5.00. The van der Waals surface area contributed by atoms with Gasteiger partial charge in [0.1, 0.15) is 24.0 Å². The average Bonchev–Trinajstić information content (AvgIpc) is 2.75. The number of nitrogens with two attached hydrogens (primary N) is 1. The number of nitrogens with zero attached hydrogens (tertiary/aromatic N) is 2. The van der Waals surface area contributed by atoms with Crippen LogP contribution in [-0.2, 0) is 4.74 Å². The molecular formula is C9H13N3O5. The van der Waals surface area contributed by atoms with Crippen molar-refractivity contribution < 1.29 is 24.9 Å². The van der Waals surface area contributed by atoms with Gasteiger partial charge in [-0.15, -0.1) is 0 Å². The number of hydrogen-bond acceptors (Lipinski definition) is 6. The summed E-state index contributed by atoms with van der Waals surface area (Å²) in [5.74, 6) is -0.723. The standard InChI is InChI=1S/C9H13N3O5/c10-8(16)4-1-11-3-12(4)9-7(15)6(14)5(13)2-17-9/h1,3,5-7,9,13-15H,2H2,(H2,10,16)/t5-,6-,7+,9+/m1/s1. The topological polar surface area (TPSA) is 131 Å². The van der Waals surface area contributed by atoms with E-state index in [9.17, 15) is 20.1 Å². The minimum absolute atomic E-state index is 0.0534. The van der Waals surface area contributed by atoms with Crippen LogP contribution in [0.5, 0.6) is 0 Å². The Bertz CT molecular complexity index is 421.